The molecule has 0 N–H and O–H groups in total. The highest BCUT2D eigenvalue weighted by molar-refractivity contribution is 5.77. The van der Waals surface area contributed by atoms with Gasteiger partial charge in [0.25, 0.3) is 0 Å². The topological polar surface area (TPSA) is 29.5 Å². The summed E-state index contributed by atoms with van der Waals surface area (Å²) in [5, 5.41) is 0. The molecule has 2 unspecified atom stereocenters. The van der Waals surface area contributed by atoms with Crippen LogP contribution in [0, 0.1) is 5.82 Å². The van der Waals surface area contributed by atoms with Gasteiger partial charge in [-0.3, -0.25) is 4.79 Å². The Hall–Kier alpha value is -1.42. The van der Waals surface area contributed by atoms with Crippen molar-refractivity contribution in [2.24, 2.45) is 0 Å². The number of benzene rings is 1. The van der Waals surface area contributed by atoms with Gasteiger partial charge in [0.05, 0.1) is 18.8 Å². The zero-order valence-electron chi connectivity index (χ0n) is 10.8. The van der Waals surface area contributed by atoms with Gasteiger partial charge in [-0.05, 0) is 31.0 Å². The largest absolute Gasteiger partial charge is 0.374 e. The molecule has 1 saturated heterocycles. The molecule has 3 rings (SSSR count). The van der Waals surface area contributed by atoms with E-state index in [-0.39, 0.29) is 11.9 Å². The van der Waals surface area contributed by atoms with E-state index in [0.717, 1.165) is 25.1 Å². The summed E-state index contributed by atoms with van der Waals surface area (Å²) in [7, 11) is 0. The maximum atomic E-state index is 13.6. The molecular formula is C15H18FNO2. The highest BCUT2D eigenvalue weighted by Crippen LogP contribution is 2.32. The Labute approximate surface area is 112 Å². The van der Waals surface area contributed by atoms with Crippen LogP contribution in [-0.2, 0) is 4.74 Å². The molecule has 1 aliphatic heterocycles. The van der Waals surface area contributed by atoms with Gasteiger partial charge in [-0.2, -0.15) is 0 Å². The van der Waals surface area contributed by atoms with Crippen molar-refractivity contribution in [1.29, 1.82) is 0 Å². The second kappa shape index (κ2) is 5.29. The number of fused-ring (bicyclic) bond motifs is 1. The van der Waals surface area contributed by atoms with Crippen molar-refractivity contribution in [2.75, 3.05) is 18.1 Å². The SMILES string of the molecule is O=Cc1cc(F)cc(N2CCOC3CCCCC32)c1. The fourth-order valence-electron chi connectivity index (χ4n) is 3.25. The Balaban J connectivity index is 1.91. The van der Waals surface area contributed by atoms with E-state index in [1.807, 2.05) is 0 Å². The van der Waals surface area contributed by atoms with Crippen LogP contribution in [0.25, 0.3) is 0 Å². The summed E-state index contributed by atoms with van der Waals surface area (Å²) in [6.07, 6.45) is 5.51. The lowest BCUT2D eigenvalue weighted by atomic mass is 9.89. The summed E-state index contributed by atoms with van der Waals surface area (Å²) in [6, 6.07) is 4.88. The maximum Gasteiger partial charge on any atom is 0.150 e. The minimum atomic E-state index is -0.349. The number of rotatable bonds is 2. The van der Waals surface area contributed by atoms with Gasteiger partial charge in [-0.25, -0.2) is 4.39 Å². The number of anilines is 1. The molecule has 3 nitrogen and oxygen atoms in total. The summed E-state index contributed by atoms with van der Waals surface area (Å²) in [5.41, 5.74) is 1.20. The molecular weight excluding hydrogens is 245 g/mol. The molecule has 0 spiro atoms. The van der Waals surface area contributed by atoms with Crippen molar-refractivity contribution in [2.45, 2.75) is 37.8 Å². The molecule has 0 aromatic heterocycles. The van der Waals surface area contributed by atoms with Crippen LogP contribution in [-0.4, -0.2) is 31.6 Å². The minimum Gasteiger partial charge on any atom is -0.374 e. The predicted molar refractivity (Wildman–Crippen MR) is 71.1 cm³/mol. The molecule has 2 atom stereocenters. The minimum absolute atomic E-state index is 0.255. The maximum absolute atomic E-state index is 13.6. The molecule has 4 heteroatoms. The van der Waals surface area contributed by atoms with Crippen LogP contribution < -0.4 is 4.90 Å². The summed E-state index contributed by atoms with van der Waals surface area (Å²) < 4.78 is 19.4. The summed E-state index contributed by atoms with van der Waals surface area (Å²) >= 11 is 0. The van der Waals surface area contributed by atoms with Gasteiger partial charge in [0.15, 0.2) is 0 Å². The molecule has 0 bridgehead atoms. The first-order chi connectivity index (χ1) is 9.28. The smallest absolute Gasteiger partial charge is 0.150 e. The van der Waals surface area contributed by atoms with E-state index in [4.69, 9.17) is 4.74 Å². The van der Waals surface area contributed by atoms with E-state index >= 15 is 0 Å². The number of nitrogens with zero attached hydrogens (tertiary/aromatic N) is 1. The van der Waals surface area contributed by atoms with Gasteiger partial charge >= 0.3 is 0 Å². The predicted octanol–water partition coefficient (Wildman–Crippen LogP) is 2.79. The molecule has 0 amide bonds. The monoisotopic (exact) mass is 263 g/mol. The van der Waals surface area contributed by atoms with E-state index in [1.54, 1.807) is 6.07 Å². The molecule has 102 valence electrons. The van der Waals surface area contributed by atoms with Crippen LogP contribution in [0.5, 0.6) is 0 Å². The number of carbonyl (C=O) groups is 1. The molecule has 0 radical (unpaired) electrons. The van der Waals surface area contributed by atoms with Gasteiger partial charge in [0, 0.05) is 17.8 Å². The Bertz CT molecular complexity index is 475. The van der Waals surface area contributed by atoms with Crippen LogP contribution in [0.2, 0.25) is 0 Å². The fourth-order valence-corrected chi connectivity index (χ4v) is 3.25. The van der Waals surface area contributed by atoms with Crippen LogP contribution >= 0.6 is 0 Å². The van der Waals surface area contributed by atoms with Gasteiger partial charge in [-0.1, -0.05) is 12.8 Å². The Kier molecular flexibility index (Phi) is 3.51. The lowest BCUT2D eigenvalue weighted by molar-refractivity contribution is -0.00869. The fraction of sp³-hybridized carbons (Fsp3) is 0.533. The van der Waals surface area contributed by atoms with E-state index in [9.17, 15) is 9.18 Å². The molecule has 2 aliphatic rings. The van der Waals surface area contributed by atoms with E-state index in [1.165, 1.54) is 25.0 Å². The van der Waals surface area contributed by atoms with Gasteiger partial charge < -0.3 is 9.64 Å². The van der Waals surface area contributed by atoms with E-state index in [0.29, 0.717) is 24.5 Å². The summed E-state index contributed by atoms with van der Waals surface area (Å²) in [5.74, 6) is -0.349. The second-order valence-corrected chi connectivity index (χ2v) is 5.32. The van der Waals surface area contributed by atoms with Crippen molar-refractivity contribution in [1.82, 2.24) is 0 Å². The molecule has 1 aliphatic carbocycles. The molecule has 1 saturated carbocycles. The third kappa shape index (κ3) is 2.50. The van der Waals surface area contributed by atoms with Crippen LogP contribution in [0.15, 0.2) is 18.2 Å². The first-order valence-corrected chi connectivity index (χ1v) is 6.92. The summed E-state index contributed by atoms with van der Waals surface area (Å²) in [6.45, 7) is 1.44. The second-order valence-electron chi connectivity index (χ2n) is 5.32. The van der Waals surface area contributed by atoms with E-state index < -0.39 is 0 Å². The molecule has 1 heterocycles. The molecule has 1 aromatic carbocycles. The first-order valence-electron chi connectivity index (χ1n) is 6.92. The quantitative estimate of drug-likeness (QED) is 0.768. The van der Waals surface area contributed by atoms with Crippen LogP contribution in [0.3, 0.4) is 0 Å². The average Bonchev–Trinajstić information content (AvgIpc) is 2.46. The molecule has 2 fully saturated rings. The Morgan fingerprint density at radius 3 is 2.95 bits per heavy atom. The number of hydrogen-bond acceptors (Lipinski definition) is 3. The van der Waals surface area contributed by atoms with Gasteiger partial charge in [0.1, 0.15) is 12.1 Å². The Morgan fingerprint density at radius 2 is 2.11 bits per heavy atom. The zero-order valence-corrected chi connectivity index (χ0v) is 10.8. The van der Waals surface area contributed by atoms with Crippen molar-refractivity contribution in [3.05, 3.63) is 29.6 Å². The normalized spacial score (nSPS) is 26.9. The number of hydrogen-bond donors (Lipinski definition) is 0. The lowest BCUT2D eigenvalue weighted by Crippen LogP contribution is -2.52. The van der Waals surface area contributed by atoms with Crippen molar-refractivity contribution >= 4 is 12.0 Å². The van der Waals surface area contributed by atoms with Crippen molar-refractivity contribution in [3.63, 3.8) is 0 Å². The standard InChI is InChI=1S/C15H18FNO2/c16-12-7-11(10-18)8-13(9-12)17-5-6-19-15-4-2-1-3-14(15)17/h7-10,14-15H,1-6H2. The third-order valence-electron chi connectivity index (χ3n) is 4.10. The first kappa shape index (κ1) is 12.6. The third-order valence-corrected chi connectivity index (χ3v) is 4.10. The Morgan fingerprint density at radius 1 is 1.26 bits per heavy atom. The van der Waals surface area contributed by atoms with Gasteiger partial charge in [0.2, 0.25) is 0 Å². The highest BCUT2D eigenvalue weighted by atomic mass is 19.1. The number of carbonyl (C=O) groups excluding carboxylic acids is 1. The van der Waals surface area contributed by atoms with Gasteiger partial charge in [-0.15, -0.1) is 0 Å². The molecule has 1 aromatic rings. The zero-order chi connectivity index (χ0) is 13.2. The van der Waals surface area contributed by atoms with E-state index in [2.05, 4.69) is 4.90 Å². The molecule has 19 heavy (non-hydrogen) atoms. The van der Waals surface area contributed by atoms with Crippen LogP contribution in [0.4, 0.5) is 10.1 Å². The van der Waals surface area contributed by atoms with Crippen molar-refractivity contribution < 1.29 is 13.9 Å². The average molecular weight is 263 g/mol. The van der Waals surface area contributed by atoms with Crippen molar-refractivity contribution in [3.8, 4) is 0 Å². The van der Waals surface area contributed by atoms with Crippen LogP contribution in [0.1, 0.15) is 36.0 Å². The number of morpholine rings is 1. The summed E-state index contributed by atoms with van der Waals surface area (Å²) in [4.78, 5) is 13.1. The number of halogens is 1. The lowest BCUT2D eigenvalue weighted by Gasteiger charge is -2.45. The number of ether oxygens (including phenoxy) is 1. The highest BCUT2D eigenvalue weighted by Gasteiger charge is 2.34. The number of aldehydes is 1.